The van der Waals surface area contributed by atoms with Crippen LogP contribution in [0.2, 0.25) is 0 Å². The van der Waals surface area contributed by atoms with Crippen molar-refractivity contribution in [3.05, 3.63) is 51.8 Å². The number of anilines is 1. The smallest absolute Gasteiger partial charge is 0.256 e. The van der Waals surface area contributed by atoms with Crippen LogP contribution in [0.15, 0.2) is 18.2 Å². The predicted molar refractivity (Wildman–Crippen MR) is 134 cm³/mol. The average Bonchev–Trinajstić information content (AvgIpc) is 3.21. The number of aryl methyl sites for hydroxylation is 2. The Labute approximate surface area is 197 Å². The van der Waals surface area contributed by atoms with Crippen molar-refractivity contribution in [3.8, 4) is 0 Å². The van der Waals surface area contributed by atoms with Gasteiger partial charge in [0, 0.05) is 42.3 Å². The molecule has 6 heteroatoms. The molecule has 2 aliphatic rings. The predicted octanol–water partition coefficient (Wildman–Crippen LogP) is 4.63. The molecule has 6 nitrogen and oxygen atoms in total. The molecule has 2 amide bonds. The fourth-order valence-electron chi connectivity index (χ4n) is 5.17. The zero-order valence-corrected chi connectivity index (χ0v) is 20.4. The Hall–Kier alpha value is -2.86. The van der Waals surface area contributed by atoms with Gasteiger partial charge < -0.3 is 20.1 Å². The first-order valence-electron chi connectivity index (χ1n) is 12.3. The van der Waals surface area contributed by atoms with Crippen molar-refractivity contribution in [1.29, 1.82) is 0 Å². The van der Waals surface area contributed by atoms with Crippen LogP contribution in [0.5, 0.6) is 0 Å². The number of fused-ring (bicyclic) bond motifs is 2. The molecule has 1 aromatic heterocycles. The van der Waals surface area contributed by atoms with Crippen LogP contribution >= 0.6 is 0 Å². The van der Waals surface area contributed by atoms with Crippen LogP contribution in [-0.4, -0.2) is 59.3 Å². The van der Waals surface area contributed by atoms with E-state index in [9.17, 15) is 9.59 Å². The molecule has 4 rings (SSSR count). The first kappa shape index (κ1) is 23.3. The molecular weight excluding hydrogens is 412 g/mol. The number of hydrogen-bond acceptors (Lipinski definition) is 3. The molecule has 0 fully saturated rings. The van der Waals surface area contributed by atoms with Crippen molar-refractivity contribution in [1.82, 2.24) is 14.8 Å². The molecule has 0 saturated carbocycles. The van der Waals surface area contributed by atoms with Crippen molar-refractivity contribution >= 4 is 29.2 Å². The summed E-state index contributed by atoms with van der Waals surface area (Å²) in [6, 6.07) is 5.90. The molecule has 0 saturated heterocycles. The maximum atomic E-state index is 13.5. The average molecular weight is 449 g/mol. The van der Waals surface area contributed by atoms with E-state index < -0.39 is 0 Å². The van der Waals surface area contributed by atoms with Crippen molar-refractivity contribution < 1.29 is 9.59 Å². The van der Waals surface area contributed by atoms with Gasteiger partial charge >= 0.3 is 0 Å². The number of carbonyl (C=O) groups is 2. The highest BCUT2D eigenvalue weighted by Gasteiger charge is 2.29. The van der Waals surface area contributed by atoms with E-state index in [4.69, 9.17) is 0 Å². The first-order valence-corrected chi connectivity index (χ1v) is 12.3. The van der Waals surface area contributed by atoms with Crippen LogP contribution in [0, 0.1) is 13.8 Å². The Balaban J connectivity index is 1.60. The van der Waals surface area contributed by atoms with Gasteiger partial charge in [0.2, 0.25) is 0 Å². The lowest BCUT2D eigenvalue weighted by Gasteiger charge is -2.26. The molecule has 33 heavy (non-hydrogen) atoms. The van der Waals surface area contributed by atoms with E-state index in [1.165, 1.54) is 0 Å². The number of rotatable bonds is 8. The highest BCUT2D eigenvalue weighted by Crippen LogP contribution is 2.36. The number of aromatic nitrogens is 1. The Kier molecular flexibility index (Phi) is 7.03. The van der Waals surface area contributed by atoms with E-state index in [1.807, 2.05) is 43.0 Å². The minimum Gasteiger partial charge on any atom is -0.358 e. The monoisotopic (exact) mass is 448 g/mol. The van der Waals surface area contributed by atoms with Crippen molar-refractivity contribution in [2.24, 2.45) is 0 Å². The second-order valence-corrected chi connectivity index (χ2v) is 9.26. The van der Waals surface area contributed by atoms with E-state index in [0.29, 0.717) is 5.57 Å². The minimum atomic E-state index is -0.0941. The normalized spacial score (nSPS) is 16.9. The number of nitrogens with one attached hydrogen (secondary N) is 2. The van der Waals surface area contributed by atoms with Gasteiger partial charge in [0.1, 0.15) is 0 Å². The highest BCUT2D eigenvalue weighted by molar-refractivity contribution is 6.35. The topological polar surface area (TPSA) is 68.4 Å². The van der Waals surface area contributed by atoms with Crippen molar-refractivity contribution in [2.45, 2.75) is 53.4 Å². The van der Waals surface area contributed by atoms with Crippen LogP contribution in [0.4, 0.5) is 5.69 Å². The van der Waals surface area contributed by atoms with Gasteiger partial charge in [-0.3, -0.25) is 9.59 Å². The molecule has 0 radical (unpaired) electrons. The Morgan fingerprint density at radius 2 is 1.82 bits per heavy atom. The Bertz CT molecular complexity index is 1080. The van der Waals surface area contributed by atoms with Crippen LogP contribution in [-0.2, 0) is 11.2 Å². The van der Waals surface area contributed by atoms with Gasteiger partial charge in [0.25, 0.3) is 11.8 Å². The fourth-order valence-corrected chi connectivity index (χ4v) is 5.17. The quantitative estimate of drug-likeness (QED) is 0.579. The summed E-state index contributed by atoms with van der Waals surface area (Å²) in [6.07, 6.45) is 5.96. The van der Waals surface area contributed by atoms with Crippen LogP contribution < -0.4 is 5.32 Å². The number of amides is 2. The van der Waals surface area contributed by atoms with Gasteiger partial charge in [-0.05, 0) is 75.9 Å². The second kappa shape index (κ2) is 9.96. The Morgan fingerprint density at radius 1 is 1.06 bits per heavy atom. The molecule has 0 bridgehead atoms. The number of H-pyrrole nitrogens is 1. The summed E-state index contributed by atoms with van der Waals surface area (Å²) in [5.41, 5.74) is 7.10. The molecule has 176 valence electrons. The lowest BCUT2D eigenvalue weighted by molar-refractivity contribution is -0.110. The van der Waals surface area contributed by atoms with E-state index >= 15 is 0 Å². The van der Waals surface area contributed by atoms with Crippen LogP contribution in [0.3, 0.4) is 0 Å². The third-order valence-electron chi connectivity index (χ3n) is 6.81. The van der Waals surface area contributed by atoms with E-state index in [2.05, 4.69) is 29.0 Å². The van der Waals surface area contributed by atoms with Gasteiger partial charge in [0.05, 0.1) is 11.1 Å². The molecule has 3 heterocycles. The molecule has 2 aromatic rings. The van der Waals surface area contributed by atoms with Crippen LogP contribution in [0.25, 0.3) is 11.6 Å². The van der Waals surface area contributed by atoms with Crippen LogP contribution in [0.1, 0.15) is 71.5 Å². The molecular formula is C27H36N4O2. The zero-order chi connectivity index (χ0) is 23.5. The summed E-state index contributed by atoms with van der Waals surface area (Å²) < 4.78 is 0. The summed E-state index contributed by atoms with van der Waals surface area (Å²) in [4.78, 5) is 34.2. The van der Waals surface area contributed by atoms with Gasteiger partial charge in [-0.2, -0.15) is 0 Å². The van der Waals surface area contributed by atoms with Gasteiger partial charge in [-0.1, -0.05) is 26.0 Å². The molecule has 0 atom stereocenters. The largest absolute Gasteiger partial charge is 0.358 e. The third kappa shape index (κ3) is 4.62. The SMILES string of the molecule is CCCN(CCC)CCN1CCCc2[nH]c(/C=C3\C(=O)Nc4cccc(C)c43)c(C)c2C1=O. The first-order chi connectivity index (χ1) is 15.9. The van der Waals surface area contributed by atoms with Crippen molar-refractivity contribution in [2.75, 3.05) is 38.0 Å². The summed E-state index contributed by atoms with van der Waals surface area (Å²) >= 11 is 0. The van der Waals surface area contributed by atoms with Crippen molar-refractivity contribution in [3.63, 3.8) is 0 Å². The van der Waals surface area contributed by atoms with Gasteiger partial charge in [0.15, 0.2) is 0 Å². The number of nitrogens with zero attached hydrogens (tertiary/aromatic N) is 2. The zero-order valence-electron chi connectivity index (χ0n) is 20.4. The summed E-state index contributed by atoms with van der Waals surface area (Å²) in [7, 11) is 0. The second-order valence-electron chi connectivity index (χ2n) is 9.26. The number of aromatic amines is 1. The highest BCUT2D eigenvalue weighted by atomic mass is 16.2. The lowest BCUT2D eigenvalue weighted by atomic mass is 9.99. The standard InChI is InChI=1S/C27H36N4O2/c1-5-12-30(13-6-2)15-16-31-14-8-11-22-25(27(31)33)19(4)23(28-22)17-20-24-18(3)9-7-10-21(24)29-26(20)32/h7,9-10,17,28H,5-6,8,11-16H2,1-4H3,(H,29,32)/b20-17-. The minimum absolute atomic E-state index is 0.0941. The van der Waals surface area contributed by atoms with Gasteiger partial charge in [-0.25, -0.2) is 0 Å². The third-order valence-corrected chi connectivity index (χ3v) is 6.81. The molecule has 2 aliphatic heterocycles. The molecule has 0 aliphatic carbocycles. The Morgan fingerprint density at radius 3 is 2.55 bits per heavy atom. The fraction of sp³-hybridized carbons (Fsp3) is 0.481. The maximum absolute atomic E-state index is 13.5. The van der Waals surface area contributed by atoms with E-state index in [0.717, 1.165) is 97.7 Å². The number of hydrogen-bond donors (Lipinski definition) is 2. The molecule has 0 unspecified atom stereocenters. The summed E-state index contributed by atoms with van der Waals surface area (Å²) in [6.45, 7) is 13.0. The molecule has 1 aromatic carbocycles. The van der Waals surface area contributed by atoms with E-state index in [-0.39, 0.29) is 11.8 Å². The summed E-state index contributed by atoms with van der Waals surface area (Å²) in [5, 5.41) is 2.96. The number of benzene rings is 1. The molecule has 0 spiro atoms. The van der Waals surface area contributed by atoms with Gasteiger partial charge in [-0.15, -0.1) is 0 Å². The summed E-state index contributed by atoms with van der Waals surface area (Å²) in [5.74, 6) is 0.0182. The number of carbonyl (C=O) groups excluding carboxylic acids is 2. The van der Waals surface area contributed by atoms with E-state index in [1.54, 1.807) is 0 Å². The molecule has 2 N–H and O–H groups in total. The maximum Gasteiger partial charge on any atom is 0.256 e. The lowest BCUT2D eigenvalue weighted by Crippen LogP contribution is -2.39.